The van der Waals surface area contributed by atoms with Crippen molar-refractivity contribution in [1.82, 2.24) is 15.1 Å². The summed E-state index contributed by atoms with van der Waals surface area (Å²) in [5.41, 5.74) is 0. The number of fused-ring (bicyclic) bond motifs is 1. The van der Waals surface area contributed by atoms with E-state index in [1.165, 1.54) is 18.3 Å². The van der Waals surface area contributed by atoms with Gasteiger partial charge in [-0.15, -0.1) is 0 Å². The minimum Gasteiger partial charge on any atom is -0.350 e. The van der Waals surface area contributed by atoms with E-state index < -0.39 is 12.1 Å². The SMILES string of the molecule is CN1C(=O)C2C(=NC=[N+]2CC(=O)NC2CC2)N(C)C1=O. The molecule has 0 spiro atoms. The molecule has 0 aromatic carbocycles. The summed E-state index contributed by atoms with van der Waals surface area (Å²) in [6, 6.07) is -0.824. The van der Waals surface area contributed by atoms with Crippen molar-refractivity contribution in [2.45, 2.75) is 24.9 Å². The zero-order chi connectivity index (χ0) is 14.4. The molecule has 2 aliphatic heterocycles. The molecule has 3 aliphatic rings. The Morgan fingerprint density at radius 3 is 2.75 bits per heavy atom. The van der Waals surface area contributed by atoms with Crippen molar-refractivity contribution in [3.8, 4) is 0 Å². The molecule has 1 saturated carbocycles. The van der Waals surface area contributed by atoms with Crippen LogP contribution in [0.3, 0.4) is 0 Å². The maximum atomic E-state index is 12.2. The Labute approximate surface area is 115 Å². The van der Waals surface area contributed by atoms with E-state index in [1.807, 2.05) is 0 Å². The Morgan fingerprint density at radius 2 is 2.10 bits per heavy atom. The highest BCUT2D eigenvalue weighted by atomic mass is 16.2. The smallest absolute Gasteiger partial charge is 0.333 e. The number of amides is 4. The second kappa shape index (κ2) is 4.39. The molecule has 2 fully saturated rings. The van der Waals surface area contributed by atoms with Crippen molar-refractivity contribution in [2.75, 3.05) is 20.6 Å². The molecule has 0 aromatic rings. The summed E-state index contributed by atoms with van der Waals surface area (Å²) in [5, 5.41) is 2.87. The molecular weight excluding hydrogens is 262 g/mol. The lowest BCUT2D eigenvalue weighted by Crippen LogP contribution is -2.62. The third-order valence-electron chi connectivity index (χ3n) is 3.67. The van der Waals surface area contributed by atoms with Crippen LogP contribution < -0.4 is 5.32 Å². The van der Waals surface area contributed by atoms with Gasteiger partial charge >= 0.3 is 6.03 Å². The highest BCUT2D eigenvalue weighted by Crippen LogP contribution is 2.19. The molecule has 8 heteroatoms. The number of imide groups is 1. The molecule has 3 rings (SSSR count). The van der Waals surface area contributed by atoms with Gasteiger partial charge in [0.05, 0.1) is 0 Å². The quantitative estimate of drug-likeness (QED) is 0.645. The van der Waals surface area contributed by atoms with E-state index in [0.29, 0.717) is 5.84 Å². The first-order valence-corrected chi connectivity index (χ1v) is 6.50. The van der Waals surface area contributed by atoms with E-state index in [1.54, 1.807) is 11.6 Å². The van der Waals surface area contributed by atoms with Crippen LogP contribution in [-0.4, -0.2) is 77.1 Å². The molecule has 2 heterocycles. The molecular formula is C12H16N5O3+. The van der Waals surface area contributed by atoms with Crippen molar-refractivity contribution < 1.29 is 19.0 Å². The van der Waals surface area contributed by atoms with Crippen LogP contribution in [0.5, 0.6) is 0 Å². The van der Waals surface area contributed by atoms with Crippen molar-refractivity contribution in [3.05, 3.63) is 0 Å². The van der Waals surface area contributed by atoms with Gasteiger partial charge < -0.3 is 5.32 Å². The normalized spacial score (nSPS) is 25.4. The van der Waals surface area contributed by atoms with Crippen molar-refractivity contribution in [2.24, 2.45) is 4.99 Å². The minimum absolute atomic E-state index is 0.0653. The summed E-state index contributed by atoms with van der Waals surface area (Å²) in [4.78, 5) is 42.3. The lowest BCUT2D eigenvalue weighted by molar-refractivity contribution is -0.519. The molecule has 1 atom stereocenters. The van der Waals surface area contributed by atoms with Crippen LogP contribution in [0.1, 0.15) is 12.8 Å². The molecule has 8 nitrogen and oxygen atoms in total. The monoisotopic (exact) mass is 278 g/mol. The number of hydrogen-bond donors (Lipinski definition) is 1. The summed E-state index contributed by atoms with van der Waals surface area (Å²) in [7, 11) is 3.00. The van der Waals surface area contributed by atoms with Crippen LogP contribution in [0, 0.1) is 0 Å². The number of likely N-dealkylation sites (N-methyl/N-ethyl adjacent to an activating group) is 2. The second-order valence-electron chi connectivity index (χ2n) is 5.26. The number of hydrogen-bond acceptors (Lipinski definition) is 4. The molecule has 0 radical (unpaired) electrons. The Hall–Kier alpha value is -2.25. The molecule has 20 heavy (non-hydrogen) atoms. The van der Waals surface area contributed by atoms with E-state index in [-0.39, 0.29) is 24.4 Å². The summed E-state index contributed by atoms with van der Waals surface area (Å²) >= 11 is 0. The fourth-order valence-corrected chi connectivity index (χ4v) is 2.34. The number of rotatable bonds is 3. The van der Waals surface area contributed by atoms with Crippen LogP contribution in [0.15, 0.2) is 4.99 Å². The predicted molar refractivity (Wildman–Crippen MR) is 69.5 cm³/mol. The summed E-state index contributed by atoms with van der Waals surface area (Å²) < 4.78 is 1.56. The van der Waals surface area contributed by atoms with E-state index in [0.717, 1.165) is 17.7 Å². The lowest BCUT2D eigenvalue weighted by Gasteiger charge is -2.30. The molecule has 1 N–H and O–H groups in total. The van der Waals surface area contributed by atoms with Crippen LogP contribution in [0.4, 0.5) is 4.79 Å². The van der Waals surface area contributed by atoms with Gasteiger partial charge in [-0.05, 0) is 17.8 Å². The maximum Gasteiger partial charge on any atom is 0.333 e. The Morgan fingerprint density at radius 1 is 1.40 bits per heavy atom. The topological polar surface area (TPSA) is 85.1 Å². The number of nitrogens with zero attached hydrogens (tertiary/aromatic N) is 4. The Bertz CT molecular complexity index is 563. The van der Waals surface area contributed by atoms with Gasteiger partial charge in [0.25, 0.3) is 30.0 Å². The predicted octanol–water partition coefficient (Wildman–Crippen LogP) is -1.39. The molecule has 0 bridgehead atoms. The lowest BCUT2D eigenvalue weighted by atomic mass is 10.1. The average Bonchev–Trinajstić information content (AvgIpc) is 3.12. The van der Waals surface area contributed by atoms with Gasteiger partial charge in [0.15, 0.2) is 6.54 Å². The van der Waals surface area contributed by atoms with E-state index in [2.05, 4.69) is 10.3 Å². The minimum atomic E-state index is -0.687. The van der Waals surface area contributed by atoms with Gasteiger partial charge in [0.1, 0.15) is 0 Å². The van der Waals surface area contributed by atoms with E-state index in [4.69, 9.17) is 0 Å². The number of aliphatic imine (C=N–C) groups is 1. The maximum absolute atomic E-state index is 12.2. The first-order valence-electron chi connectivity index (χ1n) is 6.50. The van der Waals surface area contributed by atoms with Crippen LogP contribution >= 0.6 is 0 Å². The number of nitrogens with one attached hydrogen (secondary N) is 1. The highest BCUT2D eigenvalue weighted by molar-refractivity contribution is 6.21. The summed E-state index contributed by atoms with van der Waals surface area (Å²) in [6.07, 6.45) is 3.48. The third-order valence-corrected chi connectivity index (χ3v) is 3.67. The molecule has 4 amide bonds. The number of urea groups is 1. The first kappa shape index (κ1) is 12.8. The number of carbonyl (C=O) groups excluding carboxylic acids is 3. The molecule has 106 valence electrons. The largest absolute Gasteiger partial charge is 0.350 e. The van der Waals surface area contributed by atoms with Crippen molar-refractivity contribution in [3.63, 3.8) is 0 Å². The molecule has 1 aliphatic carbocycles. The van der Waals surface area contributed by atoms with Crippen molar-refractivity contribution in [1.29, 1.82) is 0 Å². The second-order valence-corrected chi connectivity index (χ2v) is 5.26. The van der Waals surface area contributed by atoms with Gasteiger partial charge in [0.2, 0.25) is 0 Å². The zero-order valence-corrected chi connectivity index (χ0v) is 11.4. The van der Waals surface area contributed by atoms with Gasteiger partial charge in [-0.3, -0.25) is 19.4 Å². The number of carbonyl (C=O) groups is 3. The van der Waals surface area contributed by atoms with Crippen molar-refractivity contribution >= 4 is 30.0 Å². The Balaban J connectivity index is 1.74. The fourth-order valence-electron chi connectivity index (χ4n) is 2.34. The first-order chi connectivity index (χ1) is 9.49. The standard InChI is InChI=1S/C12H15N5O3/c1-15-10-9(11(19)16(2)12(15)20)17(6-13-10)5-8(18)14-7-3-4-7/h6-7,9H,3-5H2,1-2H3/p+1. The summed E-state index contributed by atoms with van der Waals surface area (Å²) in [5.74, 6) is -0.118. The average molecular weight is 278 g/mol. The van der Waals surface area contributed by atoms with Gasteiger partial charge in [-0.2, -0.15) is 0 Å². The number of amidine groups is 1. The van der Waals surface area contributed by atoms with Gasteiger partial charge in [-0.25, -0.2) is 9.37 Å². The fraction of sp³-hybridized carbons (Fsp3) is 0.583. The van der Waals surface area contributed by atoms with Gasteiger partial charge in [-0.1, -0.05) is 0 Å². The Kier molecular flexibility index (Phi) is 2.81. The zero-order valence-electron chi connectivity index (χ0n) is 11.4. The molecule has 1 saturated heterocycles. The van der Waals surface area contributed by atoms with E-state index in [9.17, 15) is 14.4 Å². The van der Waals surface area contributed by atoms with E-state index >= 15 is 0 Å². The van der Waals surface area contributed by atoms with Gasteiger partial charge in [0, 0.05) is 20.1 Å². The molecule has 0 aromatic heterocycles. The summed E-state index contributed by atoms with van der Waals surface area (Å²) in [6.45, 7) is 0.0653. The van der Waals surface area contributed by atoms with Crippen LogP contribution in [0.25, 0.3) is 0 Å². The highest BCUT2D eigenvalue weighted by Gasteiger charge is 2.50. The van der Waals surface area contributed by atoms with Crippen LogP contribution in [-0.2, 0) is 9.59 Å². The van der Waals surface area contributed by atoms with Crippen LogP contribution in [0.2, 0.25) is 0 Å². The molecule has 1 unspecified atom stereocenters. The third kappa shape index (κ3) is 1.97.